The molecule has 94 valence electrons. The summed E-state index contributed by atoms with van der Waals surface area (Å²) in [4.78, 5) is 2.32. The molecule has 1 aliphatic carbocycles. The summed E-state index contributed by atoms with van der Waals surface area (Å²) < 4.78 is 0. The molecule has 0 aliphatic heterocycles. The Kier molecular flexibility index (Phi) is 4.02. The van der Waals surface area contributed by atoms with Crippen molar-refractivity contribution in [1.82, 2.24) is 4.90 Å². The summed E-state index contributed by atoms with van der Waals surface area (Å²) >= 11 is 0. The number of likely N-dealkylation sites (N-methyl/N-ethyl adjacent to an activating group) is 1. The van der Waals surface area contributed by atoms with Crippen molar-refractivity contribution < 1.29 is 5.11 Å². The number of phenols is 1. The largest absolute Gasteiger partial charge is 0.508 e. The second-order valence-electron chi connectivity index (χ2n) is 5.10. The van der Waals surface area contributed by atoms with Crippen LogP contribution < -0.4 is 5.73 Å². The summed E-state index contributed by atoms with van der Waals surface area (Å²) in [5.74, 6) is 0.337. The zero-order valence-electron chi connectivity index (χ0n) is 10.5. The monoisotopic (exact) mass is 234 g/mol. The minimum absolute atomic E-state index is 0.297. The maximum absolute atomic E-state index is 9.45. The molecule has 1 aromatic carbocycles. The van der Waals surface area contributed by atoms with Crippen LogP contribution in [0.15, 0.2) is 24.3 Å². The maximum Gasteiger partial charge on any atom is 0.115 e. The third-order valence-electron chi connectivity index (χ3n) is 3.69. The Morgan fingerprint density at radius 2 is 2.12 bits per heavy atom. The Labute approximate surface area is 103 Å². The average Bonchev–Trinajstić information content (AvgIpc) is 2.29. The Hall–Kier alpha value is -1.06. The van der Waals surface area contributed by atoms with Crippen LogP contribution in [0.1, 0.15) is 31.2 Å². The minimum atomic E-state index is 0.297. The summed E-state index contributed by atoms with van der Waals surface area (Å²) in [5.41, 5.74) is 7.32. The highest BCUT2D eigenvalue weighted by Gasteiger charge is 2.25. The highest BCUT2D eigenvalue weighted by atomic mass is 16.3. The zero-order valence-corrected chi connectivity index (χ0v) is 10.5. The molecule has 1 aliphatic rings. The standard InChI is InChI=1S/C14H22N2O/c1-16(14-8-3-2-7-13(14)15)10-11-5-4-6-12(17)9-11/h4-6,9,13-14,17H,2-3,7-8,10,15H2,1H3. The van der Waals surface area contributed by atoms with E-state index in [4.69, 9.17) is 5.73 Å². The molecule has 0 aromatic heterocycles. The number of hydrogen-bond acceptors (Lipinski definition) is 3. The van der Waals surface area contributed by atoms with Gasteiger partial charge in [-0.15, -0.1) is 0 Å². The van der Waals surface area contributed by atoms with Crippen molar-refractivity contribution in [2.75, 3.05) is 7.05 Å². The fraction of sp³-hybridized carbons (Fsp3) is 0.571. The van der Waals surface area contributed by atoms with Crippen molar-refractivity contribution in [3.05, 3.63) is 29.8 Å². The van der Waals surface area contributed by atoms with Crippen LogP contribution in [-0.2, 0) is 6.54 Å². The van der Waals surface area contributed by atoms with E-state index in [1.54, 1.807) is 6.07 Å². The Morgan fingerprint density at radius 3 is 2.82 bits per heavy atom. The molecule has 0 spiro atoms. The van der Waals surface area contributed by atoms with Gasteiger partial charge in [-0.3, -0.25) is 4.90 Å². The first-order valence-electron chi connectivity index (χ1n) is 6.40. The molecule has 0 heterocycles. The molecule has 1 fully saturated rings. The average molecular weight is 234 g/mol. The molecule has 2 unspecified atom stereocenters. The van der Waals surface area contributed by atoms with Gasteiger partial charge in [-0.05, 0) is 37.6 Å². The van der Waals surface area contributed by atoms with Crippen LogP contribution in [0.3, 0.4) is 0 Å². The van der Waals surface area contributed by atoms with E-state index in [1.807, 2.05) is 18.2 Å². The third-order valence-corrected chi connectivity index (χ3v) is 3.69. The van der Waals surface area contributed by atoms with E-state index >= 15 is 0 Å². The van der Waals surface area contributed by atoms with Crippen LogP contribution in [0, 0.1) is 0 Å². The van der Waals surface area contributed by atoms with Gasteiger partial charge in [0, 0.05) is 18.6 Å². The first kappa shape index (κ1) is 12.4. The van der Waals surface area contributed by atoms with Crippen molar-refractivity contribution in [3.63, 3.8) is 0 Å². The van der Waals surface area contributed by atoms with Gasteiger partial charge >= 0.3 is 0 Å². The van der Waals surface area contributed by atoms with Gasteiger partial charge in [0.2, 0.25) is 0 Å². The quantitative estimate of drug-likeness (QED) is 0.842. The molecule has 0 amide bonds. The van der Waals surface area contributed by atoms with Crippen molar-refractivity contribution in [3.8, 4) is 5.75 Å². The lowest BCUT2D eigenvalue weighted by Crippen LogP contribution is -2.47. The fourth-order valence-corrected chi connectivity index (χ4v) is 2.75. The Bertz CT molecular complexity index is 367. The summed E-state index contributed by atoms with van der Waals surface area (Å²) in [6.07, 6.45) is 4.87. The molecule has 17 heavy (non-hydrogen) atoms. The number of phenolic OH excluding ortho intramolecular Hbond substituents is 1. The molecular weight excluding hydrogens is 212 g/mol. The fourth-order valence-electron chi connectivity index (χ4n) is 2.75. The molecule has 0 bridgehead atoms. The summed E-state index contributed by atoms with van der Waals surface area (Å²) in [7, 11) is 2.12. The first-order chi connectivity index (χ1) is 8.16. The highest BCUT2D eigenvalue weighted by molar-refractivity contribution is 5.27. The van der Waals surface area contributed by atoms with Gasteiger partial charge in [0.1, 0.15) is 5.75 Å². The van der Waals surface area contributed by atoms with Crippen LogP contribution in [0.5, 0.6) is 5.75 Å². The van der Waals surface area contributed by atoms with E-state index in [0.717, 1.165) is 18.5 Å². The molecule has 2 atom stereocenters. The number of rotatable bonds is 3. The topological polar surface area (TPSA) is 49.5 Å². The summed E-state index contributed by atoms with van der Waals surface area (Å²) in [6.45, 7) is 0.854. The van der Waals surface area contributed by atoms with Gasteiger partial charge in [0.15, 0.2) is 0 Å². The van der Waals surface area contributed by atoms with E-state index in [2.05, 4.69) is 11.9 Å². The van der Waals surface area contributed by atoms with Gasteiger partial charge in [-0.25, -0.2) is 0 Å². The summed E-state index contributed by atoms with van der Waals surface area (Å²) in [6, 6.07) is 8.24. The Morgan fingerprint density at radius 1 is 1.35 bits per heavy atom. The van der Waals surface area contributed by atoms with Crippen LogP contribution in [0.25, 0.3) is 0 Å². The number of nitrogens with zero attached hydrogens (tertiary/aromatic N) is 1. The predicted molar refractivity (Wildman–Crippen MR) is 69.8 cm³/mol. The molecule has 0 saturated heterocycles. The normalized spacial score (nSPS) is 25.1. The molecule has 0 radical (unpaired) electrons. The van der Waals surface area contributed by atoms with Crippen molar-refractivity contribution in [2.24, 2.45) is 5.73 Å². The molecular formula is C14H22N2O. The van der Waals surface area contributed by atoms with E-state index in [9.17, 15) is 5.11 Å². The lowest BCUT2D eigenvalue weighted by molar-refractivity contribution is 0.162. The van der Waals surface area contributed by atoms with Crippen LogP contribution in [0.2, 0.25) is 0 Å². The van der Waals surface area contributed by atoms with Crippen LogP contribution >= 0.6 is 0 Å². The molecule has 2 rings (SSSR count). The predicted octanol–water partition coefficient (Wildman–Crippen LogP) is 2.09. The number of benzene rings is 1. The second kappa shape index (κ2) is 5.52. The smallest absolute Gasteiger partial charge is 0.115 e. The highest BCUT2D eigenvalue weighted by Crippen LogP contribution is 2.23. The molecule has 1 aromatic rings. The molecule has 3 nitrogen and oxygen atoms in total. The van der Waals surface area contributed by atoms with Crippen molar-refractivity contribution >= 4 is 0 Å². The van der Waals surface area contributed by atoms with Gasteiger partial charge in [-0.2, -0.15) is 0 Å². The third kappa shape index (κ3) is 3.20. The Balaban J connectivity index is 1.98. The maximum atomic E-state index is 9.45. The van der Waals surface area contributed by atoms with Gasteiger partial charge in [0.05, 0.1) is 0 Å². The zero-order chi connectivity index (χ0) is 12.3. The van der Waals surface area contributed by atoms with E-state index in [0.29, 0.717) is 17.8 Å². The number of aromatic hydroxyl groups is 1. The lowest BCUT2D eigenvalue weighted by Gasteiger charge is -2.36. The molecule has 3 heteroatoms. The minimum Gasteiger partial charge on any atom is -0.508 e. The SMILES string of the molecule is CN(Cc1cccc(O)c1)C1CCCCC1N. The molecule has 1 saturated carbocycles. The van der Waals surface area contributed by atoms with E-state index in [1.165, 1.54) is 19.3 Å². The van der Waals surface area contributed by atoms with Crippen LogP contribution in [-0.4, -0.2) is 29.1 Å². The van der Waals surface area contributed by atoms with E-state index < -0.39 is 0 Å². The first-order valence-corrected chi connectivity index (χ1v) is 6.40. The van der Waals surface area contributed by atoms with E-state index in [-0.39, 0.29) is 0 Å². The van der Waals surface area contributed by atoms with Crippen LogP contribution in [0.4, 0.5) is 0 Å². The van der Waals surface area contributed by atoms with Crippen molar-refractivity contribution in [2.45, 2.75) is 44.3 Å². The van der Waals surface area contributed by atoms with Crippen molar-refractivity contribution in [1.29, 1.82) is 0 Å². The summed E-state index contributed by atoms with van der Waals surface area (Å²) in [5, 5.41) is 9.45. The number of hydrogen-bond donors (Lipinski definition) is 2. The molecule has 3 N–H and O–H groups in total. The van der Waals surface area contributed by atoms with Gasteiger partial charge in [-0.1, -0.05) is 25.0 Å². The second-order valence-corrected chi connectivity index (χ2v) is 5.10. The van der Waals surface area contributed by atoms with Gasteiger partial charge in [0.25, 0.3) is 0 Å². The lowest BCUT2D eigenvalue weighted by atomic mass is 9.90. The van der Waals surface area contributed by atoms with Gasteiger partial charge < -0.3 is 10.8 Å². The number of nitrogens with two attached hydrogens (primary N) is 1.